The molecule has 0 saturated carbocycles. The number of hydrogen-bond donors (Lipinski definition) is 1. The first-order valence-corrected chi connectivity index (χ1v) is 11.4. The van der Waals surface area contributed by atoms with Crippen molar-refractivity contribution < 1.29 is 30.6 Å². The number of aromatic nitrogens is 2. The maximum atomic E-state index is 10.3. The van der Waals surface area contributed by atoms with Crippen LogP contribution in [0.2, 0.25) is 0 Å². The zero-order chi connectivity index (χ0) is 23.6. The molecule has 36 heavy (non-hydrogen) atoms. The van der Waals surface area contributed by atoms with Gasteiger partial charge in [-0.05, 0) is 36.2 Å². The van der Waals surface area contributed by atoms with Crippen LogP contribution in [-0.4, -0.2) is 15.1 Å². The summed E-state index contributed by atoms with van der Waals surface area (Å²) in [7, 11) is 0. The number of hydrogen-bond acceptors (Lipinski definition) is 4. The molecule has 0 spiro atoms. The van der Waals surface area contributed by atoms with Gasteiger partial charge in [-0.1, -0.05) is 77.9 Å². The van der Waals surface area contributed by atoms with Crippen LogP contribution in [0.4, 0.5) is 0 Å². The number of pyridine rings is 1. The van der Waals surface area contributed by atoms with Gasteiger partial charge in [-0.3, -0.25) is 4.98 Å². The average molecular weight is 649 g/mol. The largest absolute Gasteiger partial charge is 0.507 e. The Bertz CT molecular complexity index is 1630. The van der Waals surface area contributed by atoms with E-state index in [4.69, 9.17) is 9.40 Å². The standard InChI is InChI=1S/C31H21N2O2.Pt/c34-28-14-5-4-11-26(28)31-33-30-25(12-8-15-29(30)35-31)23-18-22(17-21-9-2-1-3-10-21)19-24(20-23)27-13-6-7-16-32-27;/h1-16,18-19,34H,17H2;/q-1;. The molecule has 0 fully saturated rings. The normalized spacial score (nSPS) is 10.8. The van der Waals surface area contributed by atoms with Gasteiger partial charge in [0.25, 0.3) is 0 Å². The van der Waals surface area contributed by atoms with Gasteiger partial charge >= 0.3 is 0 Å². The van der Waals surface area contributed by atoms with Gasteiger partial charge in [0.05, 0.1) is 11.1 Å². The second-order valence-corrected chi connectivity index (χ2v) is 8.38. The summed E-state index contributed by atoms with van der Waals surface area (Å²) in [4.78, 5) is 9.33. The zero-order valence-corrected chi connectivity index (χ0v) is 21.4. The second kappa shape index (κ2) is 10.3. The van der Waals surface area contributed by atoms with Gasteiger partial charge in [0, 0.05) is 33.0 Å². The molecule has 0 radical (unpaired) electrons. The SMILES string of the molecule is Oc1ccccc1-c1nc2c(-c3[c-]c(-c4ccccn4)cc(Cc4ccccc4)c3)cccc2o1.[Pt]. The van der Waals surface area contributed by atoms with E-state index in [0.717, 1.165) is 39.9 Å². The van der Waals surface area contributed by atoms with Crippen molar-refractivity contribution in [1.29, 1.82) is 0 Å². The number of rotatable bonds is 5. The smallest absolute Gasteiger partial charge is 0.230 e. The Kier molecular flexibility index (Phi) is 6.79. The molecule has 0 aliphatic rings. The molecule has 0 unspecified atom stereocenters. The molecule has 2 aromatic heterocycles. The van der Waals surface area contributed by atoms with E-state index in [1.807, 2.05) is 48.5 Å². The summed E-state index contributed by atoms with van der Waals surface area (Å²) >= 11 is 0. The Balaban J connectivity index is 0.00000267. The van der Waals surface area contributed by atoms with E-state index in [1.165, 1.54) is 5.56 Å². The number of fused-ring (bicyclic) bond motifs is 1. The molecule has 5 heteroatoms. The van der Waals surface area contributed by atoms with Crippen LogP contribution < -0.4 is 0 Å². The molecule has 0 bridgehead atoms. The van der Waals surface area contributed by atoms with E-state index < -0.39 is 0 Å². The quantitative estimate of drug-likeness (QED) is 0.199. The molecule has 4 nitrogen and oxygen atoms in total. The summed E-state index contributed by atoms with van der Waals surface area (Å²) in [6, 6.07) is 37.1. The maximum Gasteiger partial charge on any atom is 0.230 e. The summed E-state index contributed by atoms with van der Waals surface area (Å²) < 4.78 is 6.04. The monoisotopic (exact) mass is 648 g/mol. The summed E-state index contributed by atoms with van der Waals surface area (Å²) in [6.07, 6.45) is 2.59. The molecule has 1 N–H and O–H groups in total. The number of aromatic hydroxyl groups is 1. The number of phenols is 1. The fraction of sp³-hybridized carbons (Fsp3) is 0.0323. The predicted octanol–water partition coefficient (Wildman–Crippen LogP) is 7.32. The summed E-state index contributed by atoms with van der Waals surface area (Å²) in [5, 5.41) is 10.3. The molecule has 0 amide bonds. The maximum absolute atomic E-state index is 10.3. The third kappa shape index (κ3) is 4.73. The van der Waals surface area contributed by atoms with Gasteiger partial charge in [-0.25, -0.2) is 4.98 Å². The number of para-hydroxylation sites is 2. The topological polar surface area (TPSA) is 59.2 Å². The number of benzene rings is 4. The van der Waals surface area contributed by atoms with Crippen LogP contribution in [-0.2, 0) is 27.5 Å². The van der Waals surface area contributed by atoms with Crippen molar-refractivity contribution in [3.8, 4) is 39.6 Å². The number of nitrogens with zero attached hydrogens (tertiary/aromatic N) is 2. The Labute approximate surface area is 223 Å². The van der Waals surface area contributed by atoms with Crippen LogP contribution >= 0.6 is 0 Å². The van der Waals surface area contributed by atoms with E-state index in [2.05, 4.69) is 47.4 Å². The molecular weight excluding hydrogens is 627 g/mol. The van der Waals surface area contributed by atoms with Crippen molar-refractivity contribution in [3.63, 3.8) is 0 Å². The summed E-state index contributed by atoms with van der Waals surface area (Å²) in [6.45, 7) is 0. The minimum absolute atomic E-state index is 0. The molecule has 0 aliphatic heterocycles. The molecule has 0 atom stereocenters. The molecule has 178 valence electrons. The van der Waals surface area contributed by atoms with Gasteiger partial charge in [0.15, 0.2) is 0 Å². The second-order valence-electron chi connectivity index (χ2n) is 8.38. The van der Waals surface area contributed by atoms with E-state index in [0.29, 0.717) is 17.0 Å². The third-order valence-corrected chi connectivity index (χ3v) is 5.96. The van der Waals surface area contributed by atoms with Crippen LogP contribution in [0.3, 0.4) is 0 Å². The van der Waals surface area contributed by atoms with Crippen molar-refractivity contribution in [2.75, 3.05) is 0 Å². The van der Waals surface area contributed by atoms with E-state index in [1.54, 1.807) is 24.4 Å². The van der Waals surface area contributed by atoms with Crippen molar-refractivity contribution in [2.24, 2.45) is 0 Å². The van der Waals surface area contributed by atoms with Gasteiger partial charge in [0.2, 0.25) is 5.89 Å². The Hall–Kier alpha value is -4.01. The third-order valence-electron chi connectivity index (χ3n) is 5.96. The molecule has 6 aromatic rings. The van der Waals surface area contributed by atoms with E-state index in [9.17, 15) is 5.11 Å². The predicted molar refractivity (Wildman–Crippen MR) is 138 cm³/mol. The van der Waals surface area contributed by atoms with Gasteiger partial charge in [-0.15, -0.1) is 29.3 Å². The first kappa shape index (κ1) is 23.7. The van der Waals surface area contributed by atoms with Crippen LogP contribution in [0, 0.1) is 6.07 Å². The van der Waals surface area contributed by atoms with Gasteiger partial charge < -0.3 is 9.52 Å². The zero-order valence-electron chi connectivity index (χ0n) is 19.2. The Morgan fingerprint density at radius 2 is 1.47 bits per heavy atom. The van der Waals surface area contributed by atoms with Crippen molar-refractivity contribution in [2.45, 2.75) is 6.42 Å². The summed E-state index contributed by atoms with van der Waals surface area (Å²) in [5.74, 6) is 0.519. The Morgan fingerprint density at radius 3 is 2.28 bits per heavy atom. The first-order chi connectivity index (χ1) is 17.2. The number of phenolic OH excluding ortho intramolecular Hbond substituents is 1. The van der Waals surface area contributed by atoms with Crippen LogP contribution in [0.1, 0.15) is 11.1 Å². The van der Waals surface area contributed by atoms with E-state index in [-0.39, 0.29) is 26.8 Å². The molecule has 0 aliphatic carbocycles. The van der Waals surface area contributed by atoms with Crippen LogP contribution in [0.15, 0.2) is 114 Å². The summed E-state index contributed by atoms with van der Waals surface area (Å²) in [5.41, 5.74) is 7.96. The minimum atomic E-state index is 0. The first-order valence-electron chi connectivity index (χ1n) is 11.4. The fourth-order valence-electron chi connectivity index (χ4n) is 4.30. The molecule has 2 heterocycles. The van der Waals surface area contributed by atoms with Crippen LogP contribution in [0.25, 0.3) is 44.9 Å². The van der Waals surface area contributed by atoms with Gasteiger partial charge in [-0.2, -0.15) is 0 Å². The van der Waals surface area contributed by atoms with E-state index >= 15 is 0 Å². The minimum Gasteiger partial charge on any atom is -0.507 e. The van der Waals surface area contributed by atoms with Crippen molar-refractivity contribution in [1.82, 2.24) is 9.97 Å². The van der Waals surface area contributed by atoms with Crippen molar-refractivity contribution in [3.05, 3.63) is 127 Å². The molecule has 4 aromatic carbocycles. The molecular formula is C31H21N2O2Pt-. The van der Waals surface area contributed by atoms with Crippen molar-refractivity contribution >= 4 is 11.1 Å². The average Bonchev–Trinajstić information content (AvgIpc) is 3.34. The fourth-order valence-corrected chi connectivity index (χ4v) is 4.30. The molecule has 6 rings (SSSR count). The molecule has 0 saturated heterocycles. The van der Waals surface area contributed by atoms with Gasteiger partial charge in [0.1, 0.15) is 11.3 Å². The van der Waals surface area contributed by atoms with Crippen LogP contribution in [0.5, 0.6) is 5.75 Å². The Morgan fingerprint density at radius 1 is 0.722 bits per heavy atom. The number of oxazole rings is 1.